The van der Waals surface area contributed by atoms with Crippen molar-refractivity contribution in [1.82, 2.24) is 24.6 Å². The maximum absolute atomic E-state index is 5.64. The first-order valence-corrected chi connectivity index (χ1v) is 5.64. The van der Waals surface area contributed by atoms with Crippen molar-refractivity contribution in [3.63, 3.8) is 0 Å². The molecule has 0 radical (unpaired) electrons. The van der Waals surface area contributed by atoms with E-state index in [0.717, 1.165) is 38.6 Å². The summed E-state index contributed by atoms with van der Waals surface area (Å²) in [6, 6.07) is 0. The molecule has 88 valence electrons. The van der Waals surface area contributed by atoms with Crippen LogP contribution >= 0.6 is 0 Å². The van der Waals surface area contributed by atoms with Gasteiger partial charge in [0.25, 0.3) is 0 Å². The molecule has 2 aliphatic rings. The summed E-state index contributed by atoms with van der Waals surface area (Å²) in [5, 5.41) is 4.36. The van der Waals surface area contributed by atoms with Gasteiger partial charge in [-0.05, 0) is 7.05 Å². The summed E-state index contributed by atoms with van der Waals surface area (Å²) >= 11 is 0. The van der Waals surface area contributed by atoms with Crippen LogP contribution in [0.5, 0.6) is 0 Å². The smallest absolute Gasteiger partial charge is 0.208 e. The van der Waals surface area contributed by atoms with Gasteiger partial charge in [-0.1, -0.05) is 0 Å². The largest absolute Gasteiger partial charge is 0.346 e. The molecule has 1 atom stereocenters. The van der Waals surface area contributed by atoms with E-state index in [1.807, 2.05) is 7.05 Å². The van der Waals surface area contributed by atoms with Gasteiger partial charge in [-0.15, -0.1) is 0 Å². The molecule has 1 unspecified atom stereocenters. The molecule has 3 rings (SSSR count). The third-order valence-corrected chi connectivity index (χ3v) is 3.38. The lowest BCUT2D eigenvalue weighted by molar-refractivity contribution is 0.0278. The molecule has 0 saturated carbocycles. The van der Waals surface area contributed by atoms with E-state index in [1.54, 1.807) is 11.0 Å². The molecular weight excluding hydrogens is 206 g/mol. The normalized spacial score (nSPS) is 31.9. The summed E-state index contributed by atoms with van der Waals surface area (Å²) in [7, 11) is 4.04. The molecule has 1 aromatic heterocycles. The van der Waals surface area contributed by atoms with Gasteiger partial charge in [-0.25, -0.2) is 4.98 Å². The van der Waals surface area contributed by atoms with Crippen molar-refractivity contribution in [2.75, 3.05) is 39.8 Å². The minimum Gasteiger partial charge on any atom is -0.346 e. The minimum atomic E-state index is -0.317. The molecular formula is C10H17N5O. The van der Waals surface area contributed by atoms with E-state index in [9.17, 15) is 0 Å². The highest BCUT2D eigenvalue weighted by atomic mass is 16.6. The molecule has 2 aliphatic heterocycles. The Morgan fingerprint density at radius 1 is 1.25 bits per heavy atom. The van der Waals surface area contributed by atoms with Crippen LogP contribution in [-0.2, 0) is 17.5 Å². The van der Waals surface area contributed by atoms with Gasteiger partial charge in [-0.3, -0.25) is 9.58 Å². The molecule has 1 aromatic rings. The van der Waals surface area contributed by atoms with Gasteiger partial charge in [0, 0.05) is 33.2 Å². The van der Waals surface area contributed by atoms with Crippen LogP contribution in [0.2, 0.25) is 0 Å². The van der Waals surface area contributed by atoms with E-state index >= 15 is 0 Å². The Balaban J connectivity index is 1.78. The highest BCUT2D eigenvalue weighted by Gasteiger charge is 2.55. The fourth-order valence-electron chi connectivity index (χ4n) is 2.21. The maximum atomic E-state index is 5.64. The lowest BCUT2D eigenvalue weighted by atomic mass is 10.2. The number of piperazine rings is 1. The topological polar surface area (TPSA) is 49.7 Å². The zero-order chi connectivity index (χ0) is 11.2. The quantitative estimate of drug-likeness (QED) is 0.617. The molecule has 0 N–H and O–H groups in total. The SMILES string of the molecule is CN1CCN(C2(c3ncn(C)n3)CO2)CC1. The average Bonchev–Trinajstić information content (AvgIpc) is 2.97. The van der Waals surface area contributed by atoms with Gasteiger partial charge >= 0.3 is 0 Å². The Kier molecular flexibility index (Phi) is 2.24. The molecule has 2 saturated heterocycles. The Hall–Kier alpha value is -0.980. The van der Waals surface area contributed by atoms with Gasteiger partial charge in [0.15, 0.2) is 5.82 Å². The minimum absolute atomic E-state index is 0.317. The van der Waals surface area contributed by atoms with E-state index < -0.39 is 0 Å². The van der Waals surface area contributed by atoms with Crippen molar-refractivity contribution >= 4 is 0 Å². The van der Waals surface area contributed by atoms with Crippen LogP contribution < -0.4 is 0 Å². The number of hydrogen-bond donors (Lipinski definition) is 0. The Labute approximate surface area is 94.8 Å². The predicted octanol–water partition coefficient (Wildman–Crippen LogP) is -0.754. The van der Waals surface area contributed by atoms with E-state index in [0.29, 0.717) is 0 Å². The van der Waals surface area contributed by atoms with E-state index in [4.69, 9.17) is 4.74 Å². The number of nitrogens with zero attached hydrogens (tertiary/aromatic N) is 5. The Bertz CT molecular complexity index is 378. The zero-order valence-electron chi connectivity index (χ0n) is 9.76. The van der Waals surface area contributed by atoms with Crippen LogP contribution in [0.15, 0.2) is 6.33 Å². The van der Waals surface area contributed by atoms with Gasteiger partial charge in [0.1, 0.15) is 12.9 Å². The van der Waals surface area contributed by atoms with E-state index in [1.165, 1.54) is 0 Å². The predicted molar refractivity (Wildman–Crippen MR) is 57.7 cm³/mol. The summed E-state index contributed by atoms with van der Waals surface area (Å²) in [5.41, 5.74) is -0.317. The van der Waals surface area contributed by atoms with Crippen LogP contribution in [0, 0.1) is 0 Å². The van der Waals surface area contributed by atoms with Gasteiger partial charge < -0.3 is 9.64 Å². The van der Waals surface area contributed by atoms with Crippen molar-refractivity contribution in [2.45, 2.75) is 5.72 Å². The second-order valence-corrected chi connectivity index (χ2v) is 4.61. The van der Waals surface area contributed by atoms with Crippen LogP contribution in [0.25, 0.3) is 0 Å². The Morgan fingerprint density at radius 2 is 1.94 bits per heavy atom. The molecule has 6 heteroatoms. The first-order chi connectivity index (χ1) is 7.71. The highest BCUT2D eigenvalue weighted by Crippen LogP contribution is 2.40. The molecule has 2 fully saturated rings. The average molecular weight is 223 g/mol. The number of ether oxygens (including phenoxy) is 1. The lowest BCUT2D eigenvalue weighted by Crippen LogP contribution is -2.50. The summed E-state index contributed by atoms with van der Waals surface area (Å²) in [6.07, 6.45) is 1.73. The van der Waals surface area contributed by atoms with Crippen molar-refractivity contribution in [2.24, 2.45) is 7.05 Å². The fourth-order valence-corrected chi connectivity index (χ4v) is 2.21. The van der Waals surface area contributed by atoms with Crippen LogP contribution in [-0.4, -0.2) is 64.4 Å². The van der Waals surface area contributed by atoms with Crippen LogP contribution in [0.1, 0.15) is 5.82 Å². The molecule has 0 aliphatic carbocycles. The van der Waals surface area contributed by atoms with Crippen molar-refractivity contribution in [3.05, 3.63) is 12.2 Å². The maximum Gasteiger partial charge on any atom is 0.208 e. The van der Waals surface area contributed by atoms with E-state index in [-0.39, 0.29) is 5.72 Å². The summed E-state index contributed by atoms with van der Waals surface area (Å²) in [4.78, 5) is 9.00. The lowest BCUT2D eigenvalue weighted by Gasteiger charge is -2.35. The highest BCUT2D eigenvalue weighted by molar-refractivity contribution is 5.08. The number of likely N-dealkylation sites (N-methyl/N-ethyl adjacent to an activating group) is 1. The van der Waals surface area contributed by atoms with Gasteiger partial charge in [-0.2, -0.15) is 5.10 Å². The molecule has 0 amide bonds. The van der Waals surface area contributed by atoms with Crippen molar-refractivity contribution < 1.29 is 4.74 Å². The second-order valence-electron chi connectivity index (χ2n) is 4.61. The number of hydrogen-bond acceptors (Lipinski definition) is 5. The van der Waals surface area contributed by atoms with Crippen LogP contribution in [0.4, 0.5) is 0 Å². The molecule has 0 spiro atoms. The van der Waals surface area contributed by atoms with E-state index in [2.05, 4.69) is 26.9 Å². The molecule has 0 bridgehead atoms. The number of epoxide rings is 1. The van der Waals surface area contributed by atoms with Gasteiger partial charge in [0.05, 0.1) is 0 Å². The third kappa shape index (κ3) is 1.53. The summed E-state index contributed by atoms with van der Waals surface area (Å²) in [6.45, 7) is 4.93. The first-order valence-electron chi connectivity index (χ1n) is 5.64. The molecule has 6 nitrogen and oxygen atoms in total. The number of aryl methyl sites for hydroxylation is 1. The molecule has 3 heterocycles. The zero-order valence-corrected chi connectivity index (χ0v) is 9.76. The monoisotopic (exact) mass is 223 g/mol. The third-order valence-electron chi connectivity index (χ3n) is 3.38. The first kappa shape index (κ1) is 10.2. The van der Waals surface area contributed by atoms with Crippen molar-refractivity contribution in [1.29, 1.82) is 0 Å². The molecule has 16 heavy (non-hydrogen) atoms. The van der Waals surface area contributed by atoms with Crippen LogP contribution in [0.3, 0.4) is 0 Å². The molecule has 0 aromatic carbocycles. The Morgan fingerprint density at radius 3 is 2.44 bits per heavy atom. The summed E-state index contributed by atoms with van der Waals surface area (Å²) in [5.74, 6) is 0.805. The standard InChI is InChI=1S/C10H17N5O/c1-13-3-5-15(6-4-13)10(7-16-10)9-11-8-14(2)12-9/h8H,3-7H2,1-2H3. The second kappa shape index (κ2) is 3.51. The fraction of sp³-hybridized carbons (Fsp3) is 0.800. The van der Waals surface area contributed by atoms with Gasteiger partial charge in [0.2, 0.25) is 5.72 Å². The summed E-state index contributed by atoms with van der Waals surface area (Å²) < 4.78 is 7.37. The number of aromatic nitrogens is 3. The van der Waals surface area contributed by atoms with Crippen molar-refractivity contribution in [3.8, 4) is 0 Å². The number of rotatable bonds is 2.